The molecule has 0 aromatic rings. The number of ether oxygens (including phenoxy) is 2. The van der Waals surface area contributed by atoms with Gasteiger partial charge in [0.25, 0.3) is 0 Å². The molecule has 2 atom stereocenters. The van der Waals surface area contributed by atoms with E-state index in [1.807, 2.05) is 4.90 Å². The number of carbonyl (C=O) groups is 1. The van der Waals surface area contributed by atoms with Crippen LogP contribution in [0.3, 0.4) is 0 Å². The van der Waals surface area contributed by atoms with E-state index < -0.39 is 0 Å². The Morgan fingerprint density at radius 2 is 2.11 bits per heavy atom. The fraction of sp³-hybridized carbons (Fsp3) is 0.929. The summed E-state index contributed by atoms with van der Waals surface area (Å²) in [6.45, 7) is 4.91. The molecule has 0 radical (unpaired) electrons. The summed E-state index contributed by atoms with van der Waals surface area (Å²) in [4.78, 5) is 16.7. The van der Waals surface area contributed by atoms with E-state index in [1.54, 1.807) is 14.2 Å². The third-order valence-electron chi connectivity index (χ3n) is 4.20. The van der Waals surface area contributed by atoms with Crippen LogP contribution in [0.2, 0.25) is 0 Å². The topological polar surface area (TPSA) is 42.0 Å². The highest BCUT2D eigenvalue weighted by Crippen LogP contribution is 2.27. The molecule has 2 rings (SSSR count). The van der Waals surface area contributed by atoms with Crippen molar-refractivity contribution in [3.05, 3.63) is 0 Å². The van der Waals surface area contributed by atoms with Crippen LogP contribution in [0.15, 0.2) is 0 Å². The average molecular weight is 270 g/mol. The molecule has 2 aliphatic rings. The number of amides is 1. The smallest absolute Gasteiger partial charge is 0.237 e. The average Bonchev–Trinajstić information content (AvgIpc) is 3.17. The van der Waals surface area contributed by atoms with Crippen LogP contribution in [-0.4, -0.2) is 74.4 Å². The van der Waals surface area contributed by atoms with E-state index in [-0.39, 0.29) is 18.1 Å². The summed E-state index contributed by atoms with van der Waals surface area (Å²) in [5, 5.41) is 0. The van der Waals surface area contributed by atoms with Crippen molar-refractivity contribution in [1.29, 1.82) is 0 Å². The molecule has 1 aliphatic heterocycles. The summed E-state index contributed by atoms with van der Waals surface area (Å²) in [5.74, 6) is 0.218. The Labute approximate surface area is 115 Å². The van der Waals surface area contributed by atoms with Gasteiger partial charge in [0.15, 0.2) is 0 Å². The van der Waals surface area contributed by atoms with Crippen LogP contribution >= 0.6 is 0 Å². The first-order chi connectivity index (χ1) is 9.19. The van der Waals surface area contributed by atoms with Crippen molar-refractivity contribution in [3.63, 3.8) is 0 Å². The van der Waals surface area contributed by atoms with Gasteiger partial charge < -0.3 is 14.4 Å². The maximum absolute atomic E-state index is 12.5. The fourth-order valence-corrected chi connectivity index (χ4v) is 2.90. The number of methoxy groups -OCH3 is 2. The minimum absolute atomic E-state index is 0.153. The second kappa shape index (κ2) is 6.68. The zero-order valence-electron chi connectivity index (χ0n) is 12.3. The molecule has 1 saturated heterocycles. The Balaban J connectivity index is 1.91. The molecule has 5 heteroatoms. The molecule has 0 spiro atoms. The summed E-state index contributed by atoms with van der Waals surface area (Å²) in [6, 6.07) is 0.802. The SMILES string of the molecule is CCN(CC(=O)N1C[C@@H](OC)C[C@H]1COC)C1CC1. The van der Waals surface area contributed by atoms with Crippen molar-refractivity contribution in [3.8, 4) is 0 Å². The van der Waals surface area contributed by atoms with Gasteiger partial charge in [0.2, 0.25) is 5.91 Å². The van der Waals surface area contributed by atoms with Gasteiger partial charge in [-0.25, -0.2) is 0 Å². The standard InChI is InChI=1S/C14H26N2O3/c1-4-15(11-5-6-11)9-14(17)16-8-13(19-3)7-12(16)10-18-2/h11-13H,4-10H2,1-3H3/t12-,13-/m0/s1. The van der Waals surface area contributed by atoms with Crippen LogP contribution in [0.1, 0.15) is 26.2 Å². The molecule has 5 nitrogen and oxygen atoms in total. The van der Waals surface area contributed by atoms with Gasteiger partial charge in [-0.2, -0.15) is 0 Å². The predicted molar refractivity (Wildman–Crippen MR) is 73.1 cm³/mol. The molecule has 0 bridgehead atoms. The highest BCUT2D eigenvalue weighted by Gasteiger charge is 2.37. The van der Waals surface area contributed by atoms with E-state index in [0.29, 0.717) is 25.7 Å². The van der Waals surface area contributed by atoms with Crippen LogP contribution < -0.4 is 0 Å². The largest absolute Gasteiger partial charge is 0.383 e. The van der Waals surface area contributed by atoms with E-state index in [2.05, 4.69) is 11.8 Å². The van der Waals surface area contributed by atoms with Gasteiger partial charge in [0.1, 0.15) is 0 Å². The van der Waals surface area contributed by atoms with Crippen molar-refractivity contribution in [1.82, 2.24) is 9.80 Å². The first-order valence-corrected chi connectivity index (χ1v) is 7.24. The second-order valence-electron chi connectivity index (χ2n) is 5.54. The molecule has 110 valence electrons. The number of likely N-dealkylation sites (tertiary alicyclic amines) is 1. The molecule has 1 amide bonds. The van der Waals surface area contributed by atoms with Crippen LogP contribution in [-0.2, 0) is 14.3 Å². The maximum Gasteiger partial charge on any atom is 0.237 e. The minimum atomic E-state index is 0.153. The van der Waals surface area contributed by atoms with E-state index >= 15 is 0 Å². The Hall–Kier alpha value is -0.650. The van der Waals surface area contributed by atoms with Gasteiger partial charge in [0.05, 0.1) is 25.3 Å². The summed E-state index contributed by atoms with van der Waals surface area (Å²) in [6.07, 6.45) is 3.51. The summed E-state index contributed by atoms with van der Waals surface area (Å²) < 4.78 is 10.6. The minimum Gasteiger partial charge on any atom is -0.383 e. The second-order valence-corrected chi connectivity index (χ2v) is 5.54. The van der Waals surface area contributed by atoms with Gasteiger partial charge in [-0.15, -0.1) is 0 Å². The van der Waals surface area contributed by atoms with Gasteiger partial charge in [0, 0.05) is 26.8 Å². The van der Waals surface area contributed by atoms with Crippen molar-refractivity contribution < 1.29 is 14.3 Å². The number of carbonyl (C=O) groups excluding carboxylic acids is 1. The molecule has 1 saturated carbocycles. The molecular formula is C14H26N2O3. The zero-order valence-corrected chi connectivity index (χ0v) is 12.3. The van der Waals surface area contributed by atoms with Crippen molar-refractivity contribution in [2.45, 2.75) is 44.4 Å². The molecule has 0 aromatic carbocycles. The number of hydrogen-bond acceptors (Lipinski definition) is 4. The Morgan fingerprint density at radius 1 is 1.37 bits per heavy atom. The van der Waals surface area contributed by atoms with Gasteiger partial charge in [-0.05, 0) is 25.8 Å². The fourth-order valence-electron chi connectivity index (χ4n) is 2.90. The first-order valence-electron chi connectivity index (χ1n) is 7.24. The Bertz CT molecular complexity index is 307. The van der Waals surface area contributed by atoms with E-state index in [1.165, 1.54) is 12.8 Å². The van der Waals surface area contributed by atoms with E-state index in [9.17, 15) is 4.79 Å². The summed E-state index contributed by atoms with van der Waals surface area (Å²) >= 11 is 0. The van der Waals surface area contributed by atoms with Crippen LogP contribution in [0.5, 0.6) is 0 Å². The third kappa shape index (κ3) is 3.68. The molecule has 19 heavy (non-hydrogen) atoms. The highest BCUT2D eigenvalue weighted by atomic mass is 16.5. The maximum atomic E-state index is 12.5. The summed E-state index contributed by atoms with van der Waals surface area (Å²) in [5.41, 5.74) is 0. The van der Waals surface area contributed by atoms with Crippen molar-refractivity contribution >= 4 is 5.91 Å². The number of hydrogen-bond donors (Lipinski definition) is 0. The summed E-state index contributed by atoms with van der Waals surface area (Å²) in [7, 11) is 3.40. The number of likely N-dealkylation sites (N-methyl/N-ethyl adjacent to an activating group) is 1. The zero-order chi connectivity index (χ0) is 13.8. The van der Waals surface area contributed by atoms with Crippen LogP contribution in [0, 0.1) is 0 Å². The van der Waals surface area contributed by atoms with Gasteiger partial charge in [-0.3, -0.25) is 9.69 Å². The number of nitrogens with zero attached hydrogens (tertiary/aromatic N) is 2. The lowest BCUT2D eigenvalue weighted by molar-refractivity contribution is -0.134. The van der Waals surface area contributed by atoms with Gasteiger partial charge >= 0.3 is 0 Å². The molecule has 0 unspecified atom stereocenters. The molecule has 0 N–H and O–H groups in total. The molecule has 1 heterocycles. The third-order valence-corrected chi connectivity index (χ3v) is 4.20. The van der Waals surface area contributed by atoms with Crippen LogP contribution in [0.4, 0.5) is 0 Å². The van der Waals surface area contributed by atoms with E-state index in [0.717, 1.165) is 13.0 Å². The molecule has 1 aliphatic carbocycles. The Morgan fingerprint density at radius 3 is 2.63 bits per heavy atom. The van der Waals surface area contributed by atoms with Crippen molar-refractivity contribution in [2.24, 2.45) is 0 Å². The molecule has 2 fully saturated rings. The lowest BCUT2D eigenvalue weighted by Crippen LogP contribution is -2.45. The van der Waals surface area contributed by atoms with E-state index in [4.69, 9.17) is 9.47 Å². The predicted octanol–water partition coefficient (Wildman–Crippen LogP) is 0.733. The Kier molecular flexibility index (Phi) is 5.19. The highest BCUT2D eigenvalue weighted by molar-refractivity contribution is 5.79. The van der Waals surface area contributed by atoms with Crippen LogP contribution in [0.25, 0.3) is 0 Å². The monoisotopic (exact) mass is 270 g/mol. The number of rotatable bonds is 7. The normalized spacial score (nSPS) is 27.3. The molecular weight excluding hydrogens is 244 g/mol. The lowest BCUT2D eigenvalue weighted by Gasteiger charge is -2.27. The first kappa shape index (κ1) is 14.8. The van der Waals surface area contributed by atoms with Gasteiger partial charge in [-0.1, -0.05) is 6.92 Å². The molecule has 0 aromatic heterocycles. The lowest BCUT2D eigenvalue weighted by atomic mass is 10.2. The quantitative estimate of drug-likeness (QED) is 0.684. The van der Waals surface area contributed by atoms with Crippen molar-refractivity contribution in [2.75, 3.05) is 40.5 Å².